The Morgan fingerprint density at radius 2 is 2.05 bits per heavy atom. The zero-order chi connectivity index (χ0) is 14.5. The molecular formula is C16H24N4. The van der Waals surface area contributed by atoms with Gasteiger partial charge >= 0.3 is 0 Å². The monoisotopic (exact) mass is 272 g/mol. The van der Waals surface area contributed by atoms with E-state index < -0.39 is 0 Å². The van der Waals surface area contributed by atoms with Gasteiger partial charge in [-0.05, 0) is 50.4 Å². The minimum atomic E-state index is 0.853. The molecule has 20 heavy (non-hydrogen) atoms. The summed E-state index contributed by atoms with van der Waals surface area (Å²) in [5, 5.41) is 8.14. The van der Waals surface area contributed by atoms with Gasteiger partial charge in [0.25, 0.3) is 0 Å². The number of hydrogen-bond donors (Lipinski definition) is 1. The number of aryl methyl sites for hydroxylation is 1. The summed E-state index contributed by atoms with van der Waals surface area (Å²) < 4.78 is 2.03. The summed E-state index contributed by atoms with van der Waals surface area (Å²) in [4.78, 5) is 4.27. The lowest BCUT2D eigenvalue weighted by Gasteiger charge is -2.11. The molecule has 0 saturated heterocycles. The first-order valence-electron chi connectivity index (χ1n) is 7.38. The highest BCUT2D eigenvalue weighted by molar-refractivity contribution is 5.41. The van der Waals surface area contributed by atoms with Crippen LogP contribution in [-0.4, -0.2) is 21.3 Å². The highest BCUT2D eigenvalue weighted by Crippen LogP contribution is 2.20. The van der Waals surface area contributed by atoms with Crippen LogP contribution in [0.4, 0.5) is 0 Å². The van der Waals surface area contributed by atoms with Crippen molar-refractivity contribution in [3.63, 3.8) is 0 Å². The van der Waals surface area contributed by atoms with Crippen LogP contribution >= 0.6 is 0 Å². The van der Waals surface area contributed by atoms with Gasteiger partial charge in [-0.1, -0.05) is 13.8 Å². The summed E-state index contributed by atoms with van der Waals surface area (Å²) in [6, 6.07) is 2.07. The molecule has 0 radical (unpaired) electrons. The number of hydrogen-bond acceptors (Lipinski definition) is 3. The average Bonchev–Trinajstić information content (AvgIpc) is 2.74. The summed E-state index contributed by atoms with van der Waals surface area (Å²) in [7, 11) is 0. The molecule has 2 aromatic rings. The summed E-state index contributed by atoms with van der Waals surface area (Å²) >= 11 is 0. The molecule has 0 atom stereocenters. The van der Waals surface area contributed by atoms with Gasteiger partial charge in [0.05, 0.1) is 17.6 Å². The Hall–Kier alpha value is -1.68. The van der Waals surface area contributed by atoms with Crippen LogP contribution in [0.1, 0.15) is 42.8 Å². The molecule has 2 rings (SSSR count). The van der Waals surface area contributed by atoms with Crippen molar-refractivity contribution in [3.8, 4) is 5.69 Å². The Kier molecular flexibility index (Phi) is 4.90. The molecule has 0 amide bonds. The first kappa shape index (κ1) is 14.7. The Labute approximate surface area is 121 Å². The maximum atomic E-state index is 4.69. The zero-order valence-corrected chi connectivity index (χ0v) is 12.9. The second kappa shape index (κ2) is 6.66. The molecule has 0 aliphatic rings. The molecule has 2 aromatic heterocycles. The lowest BCUT2D eigenvalue weighted by molar-refractivity contribution is 0.668. The van der Waals surface area contributed by atoms with E-state index in [0.29, 0.717) is 0 Å². The van der Waals surface area contributed by atoms with Crippen LogP contribution in [0, 0.1) is 13.8 Å². The van der Waals surface area contributed by atoms with E-state index in [9.17, 15) is 0 Å². The molecule has 0 saturated carbocycles. The molecule has 0 unspecified atom stereocenters. The third-order valence-corrected chi connectivity index (χ3v) is 3.65. The van der Waals surface area contributed by atoms with Gasteiger partial charge < -0.3 is 5.32 Å². The number of nitrogens with zero attached hydrogens (tertiary/aromatic N) is 3. The number of aromatic nitrogens is 3. The SMILES string of the molecule is CCCNCc1ccncc1-n1nc(C)c(CC)c1C. The van der Waals surface area contributed by atoms with Gasteiger partial charge in [0.1, 0.15) is 0 Å². The summed E-state index contributed by atoms with van der Waals surface area (Å²) in [5.74, 6) is 0. The maximum absolute atomic E-state index is 4.69. The first-order valence-corrected chi connectivity index (χ1v) is 7.38. The predicted octanol–water partition coefficient (Wildman–Crippen LogP) is 2.95. The highest BCUT2D eigenvalue weighted by atomic mass is 15.3. The minimum Gasteiger partial charge on any atom is -0.313 e. The highest BCUT2D eigenvalue weighted by Gasteiger charge is 2.13. The molecule has 4 nitrogen and oxygen atoms in total. The number of nitrogens with one attached hydrogen (secondary N) is 1. The molecule has 2 heterocycles. The Morgan fingerprint density at radius 3 is 2.70 bits per heavy atom. The summed E-state index contributed by atoms with van der Waals surface area (Å²) in [5.41, 5.74) is 5.98. The predicted molar refractivity (Wildman–Crippen MR) is 82.2 cm³/mol. The molecule has 0 aliphatic carbocycles. The van der Waals surface area contributed by atoms with Crippen molar-refractivity contribution in [1.82, 2.24) is 20.1 Å². The first-order chi connectivity index (χ1) is 9.69. The van der Waals surface area contributed by atoms with E-state index in [4.69, 9.17) is 0 Å². The Morgan fingerprint density at radius 1 is 1.25 bits per heavy atom. The van der Waals surface area contributed by atoms with Crippen LogP contribution in [0.15, 0.2) is 18.5 Å². The van der Waals surface area contributed by atoms with Crippen LogP contribution in [0.2, 0.25) is 0 Å². The van der Waals surface area contributed by atoms with Crippen LogP contribution < -0.4 is 5.32 Å². The van der Waals surface area contributed by atoms with Crippen molar-refractivity contribution in [1.29, 1.82) is 0 Å². The van der Waals surface area contributed by atoms with Gasteiger partial charge in [0.15, 0.2) is 0 Å². The van der Waals surface area contributed by atoms with E-state index in [1.807, 2.05) is 17.1 Å². The molecule has 1 N–H and O–H groups in total. The Balaban J connectivity index is 2.37. The molecule has 108 valence electrons. The van der Waals surface area contributed by atoms with E-state index in [1.54, 1.807) is 0 Å². The molecule has 0 aliphatic heterocycles. The van der Waals surface area contributed by atoms with Crippen LogP contribution in [0.5, 0.6) is 0 Å². The van der Waals surface area contributed by atoms with Crippen molar-refractivity contribution in [2.75, 3.05) is 6.54 Å². The van der Waals surface area contributed by atoms with E-state index in [0.717, 1.165) is 37.3 Å². The molecule has 0 fully saturated rings. The second-order valence-corrected chi connectivity index (χ2v) is 5.10. The third kappa shape index (κ3) is 2.90. The Bertz CT molecular complexity index is 572. The van der Waals surface area contributed by atoms with Gasteiger partial charge in [0.2, 0.25) is 0 Å². The molecule has 0 bridgehead atoms. The van der Waals surface area contributed by atoms with Gasteiger partial charge in [-0.2, -0.15) is 5.10 Å². The fraction of sp³-hybridized carbons (Fsp3) is 0.500. The molecule has 0 spiro atoms. The van der Waals surface area contributed by atoms with Gasteiger partial charge in [-0.15, -0.1) is 0 Å². The number of pyridine rings is 1. The minimum absolute atomic E-state index is 0.853. The van der Waals surface area contributed by atoms with Gasteiger partial charge in [-0.3, -0.25) is 4.98 Å². The van der Waals surface area contributed by atoms with Crippen LogP contribution in [-0.2, 0) is 13.0 Å². The fourth-order valence-electron chi connectivity index (χ4n) is 2.58. The van der Waals surface area contributed by atoms with Crippen molar-refractivity contribution in [2.24, 2.45) is 0 Å². The summed E-state index contributed by atoms with van der Waals surface area (Å²) in [6.07, 6.45) is 5.91. The second-order valence-electron chi connectivity index (χ2n) is 5.10. The fourth-order valence-corrected chi connectivity index (χ4v) is 2.58. The molecular weight excluding hydrogens is 248 g/mol. The van der Waals surface area contributed by atoms with Crippen LogP contribution in [0.25, 0.3) is 5.69 Å². The van der Waals surface area contributed by atoms with Crippen molar-refractivity contribution >= 4 is 0 Å². The van der Waals surface area contributed by atoms with Gasteiger partial charge in [0, 0.05) is 18.4 Å². The molecule has 0 aromatic carbocycles. The summed E-state index contributed by atoms with van der Waals surface area (Å²) in [6.45, 7) is 10.4. The normalized spacial score (nSPS) is 11.0. The van der Waals surface area contributed by atoms with Crippen molar-refractivity contribution < 1.29 is 0 Å². The lowest BCUT2D eigenvalue weighted by atomic mass is 10.1. The van der Waals surface area contributed by atoms with E-state index in [-0.39, 0.29) is 0 Å². The third-order valence-electron chi connectivity index (χ3n) is 3.65. The largest absolute Gasteiger partial charge is 0.313 e. The standard InChI is InChI=1S/C16H24N4/c1-5-8-17-10-14-7-9-18-11-16(14)20-13(4)15(6-2)12(3)19-20/h7,9,11,17H,5-6,8,10H2,1-4H3. The number of rotatable bonds is 6. The van der Waals surface area contributed by atoms with Gasteiger partial charge in [-0.25, -0.2) is 4.68 Å². The smallest absolute Gasteiger partial charge is 0.0876 e. The topological polar surface area (TPSA) is 42.7 Å². The van der Waals surface area contributed by atoms with E-state index in [2.05, 4.69) is 49.2 Å². The molecule has 4 heteroatoms. The van der Waals surface area contributed by atoms with Crippen molar-refractivity contribution in [3.05, 3.63) is 41.0 Å². The quantitative estimate of drug-likeness (QED) is 0.822. The lowest BCUT2D eigenvalue weighted by Crippen LogP contribution is -2.16. The average molecular weight is 272 g/mol. The van der Waals surface area contributed by atoms with E-state index in [1.165, 1.54) is 16.8 Å². The zero-order valence-electron chi connectivity index (χ0n) is 12.9. The van der Waals surface area contributed by atoms with E-state index >= 15 is 0 Å². The van der Waals surface area contributed by atoms with Crippen molar-refractivity contribution in [2.45, 2.75) is 47.1 Å². The van der Waals surface area contributed by atoms with Crippen LogP contribution in [0.3, 0.4) is 0 Å². The maximum Gasteiger partial charge on any atom is 0.0876 e.